The van der Waals surface area contributed by atoms with E-state index < -0.39 is 0 Å². The third-order valence-electron chi connectivity index (χ3n) is 7.78. The number of hydrogen-bond acceptors (Lipinski definition) is 4. The molecule has 4 heterocycles. The average molecular weight is 482 g/mol. The molecule has 2 N–H and O–H groups in total. The Kier molecular flexibility index (Phi) is 6.05. The van der Waals surface area contributed by atoms with Crippen LogP contribution < -0.4 is 15.3 Å². The maximum atomic E-state index is 13.3. The largest absolute Gasteiger partial charge is 0.627 e. The number of pyridine rings is 1. The number of amides is 2. The Labute approximate surface area is 211 Å². The SMILES string of the molecule is O=C(Nc1cc(C2=CCN(Cc3ccccc3)CC2)ccn1)Nc1cccc2c1CC1CCC[N+]21[O-]. The number of benzene rings is 2. The highest BCUT2D eigenvalue weighted by Crippen LogP contribution is 2.46. The van der Waals surface area contributed by atoms with Gasteiger partial charge in [-0.05, 0) is 47.4 Å². The quantitative estimate of drug-likeness (QED) is 0.370. The van der Waals surface area contributed by atoms with Gasteiger partial charge in [-0.3, -0.25) is 10.2 Å². The summed E-state index contributed by atoms with van der Waals surface area (Å²) in [5.74, 6) is 0.512. The van der Waals surface area contributed by atoms with Gasteiger partial charge in [-0.25, -0.2) is 9.78 Å². The molecule has 1 saturated heterocycles. The van der Waals surface area contributed by atoms with Gasteiger partial charge in [0.05, 0.1) is 18.3 Å². The summed E-state index contributed by atoms with van der Waals surface area (Å²) in [7, 11) is 0. The number of nitrogens with zero attached hydrogens (tertiary/aromatic N) is 3. The topological polar surface area (TPSA) is 80.3 Å². The minimum Gasteiger partial charge on any atom is -0.627 e. The second kappa shape index (κ2) is 9.50. The summed E-state index contributed by atoms with van der Waals surface area (Å²) in [5.41, 5.74) is 6.18. The van der Waals surface area contributed by atoms with Crippen molar-refractivity contribution in [1.82, 2.24) is 14.5 Å². The van der Waals surface area contributed by atoms with E-state index in [1.807, 2.05) is 36.4 Å². The summed E-state index contributed by atoms with van der Waals surface area (Å²) in [6.45, 7) is 3.47. The third kappa shape index (κ3) is 4.41. The van der Waals surface area contributed by atoms with Crippen LogP contribution in [0, 0.1) is 5.21 Å². The Morgan fingerprint density at radius 3 is 2.83 bits per heavy atom. The van der Waals surface area contributed by atoms with Crippen molar-refractivity contribution in [1.29, 1.82) is 0 Å². The van der Waals surface area contributed by atoms with E-state index in [1.165, 1.54) is 11.1 Å². The first-order valence-electron chi connectivity index (χ1n) is 12.8. The Hall–Kier alpha value is -3.52. The fourth-order valence-electron chi connectivity index (χ4n) is 5.94. The van der Waals surface area contributed by atoms with E-state index in [0.29, 0.717) is 12.4 Å². The van der Waals surface area contributed by atoms with Crippen LogP contribution >= 0.6 is 0 Å². The summed E-state index contributed by atoms with van der Waals surface area (Å²) < 4.78 is -0.242. The maximum absolute atomic E-state index is 13.3. The van der Waals surface area contributed by atoms with E-state index in [0.717, 1.165) is 67.8 Å². The zero-order valence-electron chi connectivity index (χ0n) is 20.3. The minimum atomic E-state index is -0.343. The van der Waals surface area contributed by atoms with Crippen LogP contribution in [-0.2, 0) is 13.0 Å². The molecule has 2 atom stereocenters. The number of quaternary nitrogens is 1. The van der Waals surface area contributed by atoms with E-state index in [9.17, 15) is 10.0 Å². The summed E-state index contributed by atoms with van der Waals surface area (Å²) in [6, 6.07) is 19.9. The molecule has 0 bridgehead atoms. The van der Waals surface area contributed by atoms with E-state index in [2.05, 4.69) is 50.9 Å². The first-order chi connectivity index (χ1) is 17.6. The van der Waals surface area contributed by atoms with Crippen LogP contribution in [0.5, 0.6) is 0 Å². The summed E-state index contributed by atoms with van der Waals surface area (Å²) >= 11 is 0. The van der Waals surface area contributed by atoms with Gasteiger partial charge < -0.3 is 15.2 Å². The number of anilines is 2. The zero-order valence-corrected chi connectivity index (χ0v) is 20.3. The van der Waals surface area contributed by atoms with Crippen molar-refractivity contribution >= 4 is 28.8 Å². The average Bonchev–Trinajstić information content (AvgIpc) is 3.40. The lowest BCUT2D eigenvalue weighted by molar-refractivity contribution is 0.262. The van der Waals surface area contributed by atoms with Crippen molar-refractivity contribution in [2.75, 3.05) is 30.3 Å². The number of urea groups is 1. The molecule has 3 aliphatic heterocycles. The van der Waals surface area contributed by atoms with Crippen LogP contribution in [0.3, 0.4) is 0 Å². The number of aromatic nitrogens is 1. The molecule has 0 radical (unpaired) electrons. The molecule has 3 aromatic rings. The Bertz CT molecular complexity index is 1310. The standard InChI is InChI=1S/C29H31N5O2/c35-29(31-26-9-4-10-27-25(26)19-24-8-5-17-34(24,27)36)32-28-18-23(11-14-30-28)22-12-15-33(16-13-22)20-21-6-2-1-3-7-21/h1-4,6-7,9-12,14,18,24H,5,8,13,15-17,19-20H2,(H2,30,31,32,35). The molecule has 36 heavy (non-hydrogen) atoms. The van der Waals surface area contributed by atoms with Gasteiger partial charge in [0, 0.05) is 50.7 Å². The predicted molar refractivity (Wildman–Crippen MR) is 144 cm³/mol. The Morgan fingerprint density at radius 2 is 2.00 bits per heavy atom. The van der Waals surface area contributed by atoms with Crippen LogP contribution in [0.25, 0.3) is 5.57 Å². The van der Waals surface area contributed by atoms with Gasteiger partial charge in [0.15, 0.2) is 0 Å². The molecule has 0 saturated carbocycles. The Morgan fingerprint density at radius 1 is 1.11 bits per heavy atom. The van der Waals surface area contributed by atoms with Crippen molar-refractivity contribution in [3.05, 3.63) is 94.8 Å². The number of fused-ring (bicyclic) bond motifs is 3. The summed E-state index contributed by atoms with van der Waals surface area (Å²) in [6.07, 6.45) is 7.60. The van der Waals surface area contributed by atoms with Crippen molar-refractivity contribution in [2.45, 2.75) is 38.3 Å². The fourth-order valence-corrected chi connectivity index (χ4v) is 5.94. The van der Waals surface area contributed by atoms with E-state index in [-0.39, 0.29) is 16.7 Å². The number of carbonyl (C=O) groups excluding carboxylic acids is 1. The lowest BCUT2D eigenvalue weighted by Gasteiger charge is -2.39. The van der Waals surface area contributed by atoms with Crippen molar-refractivity contribution in [3.63, 3.8) is 0 Å². The van der Waals surface area contributed by atoms with E-state index >= 15 is 0 Å². The normalized spacial score (nSPS) is 23.0. The molecule has 2 aromatic carbocycles. The van der Waals surface area contributed by atoms with Crippen LogP contribution in [0.15, 0.2) is 72.9 Å². The molecule has 6 rings (SSSR count). The molecule has 1 aromatic heterocycles. The molecule has 184 valence electrons. The summed E-state index contributed by atoms with van der Waals surface area (Å²) in [4.78, 5) is 19.6. The molecule has 1 fully saturated rings. The van der Waals surface area contributed by atoms with Gasteiger partial charge in [-0.2, -0.15) is 0 Å². The molecule has 0 aliphatic carbocycles. The number of nitrogens with one attached hydrogen (secondary N) is 2. The monoisotopic (exact) mass is 481 g/mol. The van der Waals surface area contributed by atoms with Gasteiger partial charge in [0.25, 0.3) is 0 Å². The predicted octanol–water partition coefficient (Wildman–Crippen LogP) is 5.54. The van der Waals surface area contributed by atoms with Gasteiger partial charge in [0.2, 0.25) is 0 Å². The number of rotatable bonds is 5. The lowest BCUT2D eigenvalue weighted by Crippen LogP contribution is -2.44. The molecule has 2 amide bonds. The van der Waals surface area contributed by atoms with Gasteiger partial charge in [-0.15, -0.1) is 0 Å². The number of carbonyl (C=O) groups is 1. The van der Waals surface area contributed by atoms with Crippen molar-refractivity contribution in [2.24, 2.45) is 0 Å². The van der Waals surface area contributed by atoms with Crippen LogP contribution in [0.1, 0.15) is 36.0 Å². The Balaban J connectivity index is 1.10. The van der Waals surface area contributed by atoms with Gasteiger partial charge in [-0.1, -0.05) is 42.5 Å². The van der Waals surface area contributed by atoms with Gasteiger partial charge in [0.1, 0.15) is 11.5 Å². The van der Waals surface area contributed by atoms with Crippen LogP contribution in [0.4, 0.5) is 22.0 Å². The molecule has 7 nitrogen and oxygen atoms in total. The molecule has 7 heteroatoms. The first kappa shape index (κ1) is 22.9. The highest BCUT2D eigenvalue weighted by Gasteiger charge is 2.45. The highest BCUT2D eigenvalue weighted by molar-refractivity contribution is 6.00. The smallest absolute Gasteiger partial charge is 0.324 e. The first-order valence-corrected chi connectivity index (χ1v) is 12.8. The number of hydrogen-bond donors (Lipinski definition) is 2. The number of hydroxylamine groups is 2. The van der Waals surface area contributed by atoms with E-state index in [1.54, 1.807) is 6.20 Å². The second-order valence-corrected chi connectivity index (χ2v) is 10.0. The minimum absolute atomic E-state index is 0.0803. The third-order valence-corrected chi connectivity index (χ3v) is 7.78. The maximum Gasteiger partial charge on any atom is 0.324 e. The molecule has 3 aliphatic rings. The summed E-state index contributed by atoms with van der Waals surface area (Å²) in [5, 5.41) is 19.2. The molecular formula is C29H31N5O2. The lowest BCUT2D eigenvalue weighted by atomic mass is 10.00. The zero-order chi connectivity index (χ0) is 24.5. The molecule has 2 unspecified atom stereocenters. The molecule has 0 spiro atoms. The van der Waals surface area contributed by atoms with Gasteiger partial charge >= 0.3 is 6.03 Å². The van der Waals surface area contributed by atoms with E-state index in [4.69, 9.17) is 0 Å². The van der Waals surface area contributed by atoms with Crippen LogP contribution in [-0.4, -0.2) is 41.6 Å². The second-order valence-electron chi connectivity index (χ2n) is 10.0. The van der Waals surface area contributed by atoms with Crippen LogP contribution in [0.2, 0.25) is 0 Å². The fraction of sp³-hybridized carbons (Fsp3) is 0.310. The van der Waals surface area contributed by atoms with Crippen molar-refractivity contribution < 1.29 is 4.79 Å². The van der Waals surface area contributed by atoms with Crippen molar-refractivity contribution in [3.8, 4) is 0 Å². The molecular weight excluding hydrogens is 450 g/mol. The highest BCUT2D eigenvalue weighted by atomic mass is 16.6.